The van der Waals surface area contributed by atoms with Crippen LogP contribution < -0.4 is 9.47 Å². The van der Waals surface area contributed by atoms with Crippen molar-refractivity contribution in [1.29, 1.82) is 0 Å². The number of rotatable bonds is 8. The van der Waals surface area contributed by atoms with Crippen molar-refractivity contribution in [3.8, 4) is 11.5 Å². The Hall–Kier alpha value is -2.22. The second kappa shape index (κ2) is 9.73. The summed E-state index contributed by atoms with van der Waals surface area (Å²) in [4.78, 5) is 5.08. The Bertz CT molecular complexity index is 977. The lowest BCUT2D eigenvalue weighted by atomic mass is 10.0. The quantitative estimate of drug-likeness (QED) is 0.545. The lowest BCUT2D eigenvalue weighted by molar-refractivity contribution is 0.112. The minimum atomic E-state index is 0.587. The number of likely N-dealkylation sites (tertiary alicyclic amines) is 1. The van der Waals surface area contributed by atoms with Crippen molar-refractivity contribution >= 4 is 22.8 Å². The average Bonchev–Trinajstić information content (AvgIpc) is 3.25. The summed E-state index contributed by atoms with van der Waals surface area (Å²) in [5, 5.41) is 0. The normalized spacial score (nSPS) is 17.5. The Balaban J connectivity index is 1.32. The van der Waals surface area contributed by atoms with Crippen LogP contribution in [0, 0.1) is 0 Å². The van der Waals surface area contributed by atoms with Gasteiger partial charge in [0.25, 0.3) is 0 Å². The highest BCUT2D eigenvalue weighted by Crippen LogP contribution is 2.28. The molecule has 0 saturated carbocycles. The molecule has 1 fully saturated rings. The molecular weight excluding hydrogens is 396 g/mol. The van der Waals surface area contributed by atoms with E-state index < -0.39 is 0 Å². The summed E-state index contributed by atoms with van der Waals surface area (Å²) in [7, 11) is 5.61. The second-order valence-corrected chi connectivity index (χ2v) is 8.57. The molecule has 0 aliphatic carbocycles. The number of aromatic nitrogens is 2. The Morgan fingerprint density at radius 2 is 1.83 bits per heavy atom. The highest BCUT2D eigenvalue weighted by Gasteiger charge is 2.23. The van der Waals surface area contributed by atoms with E-state index in [1.54, 1.807) is 14.2 Å². The molecule has 1 atom stereocenters. The maximum atomic E-state index is 5.44. The van der Waals surface area contributed by atoms with Crippen LogP contribution in [0.4, 0.5) is 0 Å². The van der Waals surface area contributed by atoms with Gasteiger partial charge in [0, 0.05) is 25.7 Å². The molecule has 2 aromatic carbocycles. The van der Waals surface area contributed by atoms with Crippen molar-refractivity contribution in [2.24, 2.45) is 0 Å². The van der Waals surface area contributed by atoms with E-state index in [0.29, 0.717) is 6.04 Å². The Labute approximate surface area is 182 Å². The van der Waals surface area contributed by atoms with Crippen LogP contribution in [0.1, 0.15) is 24.0 Å². The summed E-state index contributed by atoms with van der Waals surface area (Å²) in [6.45, 7) is 4.28. The Kier molecular flexibility index (Phi) is 6.82. The lowest BCUT2D eigenvalue weighted by Crippen LogP contribution is -2.46. The third kappa shape index (κ3) is 4.91. The van der Waals surface area contributed by atoms with Gasteiger partial charge in [0.2, 0.25) is 0 Å². The topological polar surface area (TPSA) is 50.7 Å². The lowest BCUT2D eigenvalue weighted by Gasteiger charge is -2.37. The second-order valence-electron chi connectivity index (χ2n) is 8.04. The number of likely N-dealkylation sites (N-methyl/N-ethyl adjacent to an activating group) is 1. The van der Waals surface area contributed by atoms with Crippen LogP contribution in [-0.2, 0) is 13.0 Å². The molecule has 160 valence electrons. The molecule has 30 heavy (non-hydrogen) atoms. The third-order valence-corrected chi connectivity index (χ3v) is 6.59. The third-order valence-electron chi connectivity index (χ3n) is 6.03. The van der Waals surface area contributed by atoms with E-state index >= 15 is 0 Å². The molecule has 7 heteroatoms. The molecule has 4 rings (SSSR count). The number of ether oxygens (including phenoxy) is 2. The Morgan fingerprint density at radius 3 is 2.67 bits per heavy atom. The van der Waals surface area contributed by atoms with Gasteiger partial charge in [0.1, 0.15) is 11.0 Å². The number of hydrogen-bond donors (Lipinski definition) is 0. The molecule has 1 unspecified atom stereocenters. The van der Waals surface area contributed by atoms with Crippen LogP contribution in [0.15, 0.2) is 36.4 Å². The van der Waals surface area contributed by atoms with Gasteiger partial charge >= 0.3 is 0 Å². The van der Waals surface area contributed by atoms with Crippen molar-refractivity contribution in [1.82, 2.24) is 18.5 Å². The number of fused-ring (bicyclic) bond motifs is 1. The first-order chi connectivity index (χ1) is 14.7. The zero-order chi connectivity index (χ0) is 20.9. The molecule has 0 N–H and O–H groups in total. The first kappa shape index (κ1) is 21.0. The predicted molar refractivity (Wildman–Crippen MR) is 122 cm³/mol. The van der Waals surface area contributed by atoms with E-state index in [1.165, 1.54) is 35.7 Å². The fourth-order valence-corrected chi connectivity index (χ4v) is 4.76. The van der Waals surface area contributed by atoms with E-state index in [1.807, 2.05) is 6.07 Å². The van der Waals surface area contributed by atoms with Gasteiger partial charge in [-0.2, -0.15) is 8.75 Å². The van der Waals surface area contributed by atoms with Gasteiger partial charge in [-0.05, 0) is 68.2 Å². The molecule has 2 heterocycles. The van der Waals surface area contributed by atoms with Crippen molar-refractivity contribution in [2.45, 2.75) is 31.8 Å². The molecule has 0 radical (unpaired) electrons. The molecule has 1 saturated heterocycles. The molecule has 1 aromatic heterocycles. The van der Waals surface area contributed by atoms with E-state index in [4.69, 9.17) is 9.47 Å². The molecule has 6 nitrogen and oxygen atoms in total. The summed E-state index contributed by atoms with van der Waals surface area (Å²) in [6.07, 6.45) is 3.50. The van der Waals surface area contributed by atoms with Crippen LogP contribution in [0.3, 0.4) is 0 Å². The standard InChI is InChI=1S/C23H30N4O2S/c1-26(12-10-17-7-9-22(28-2)23(14-17)29-3)19-5-4-11-27(16-19)15-18-6-8-20-21(13-18)25-30-24-20/h6-9,13-14,19H,4-5,10-12,15-16H2,1-3H3. The van der Waals surface area contributed by atoms with Crippen LogP contribution in [-0.4, -0.2) is 65.5 Å². The zero-order valence-electron chi connectivity index (χ0n) is 18.0. The molecule has 0 bridgehead atoms. The minimum Gasteiger partial charge on any atom is -0.493 e. The van der Waals surface area contributed by atoms with Crippen LogP contribution >= 0.6 is 11.7 Å². The van der Waals surface area contributed by atoms with Gasteiger partial charge in [0.05, 0.1) is 25.9 Å². The van der Waals surface area contributed by atoms with Crippen molar-refractivity contribution in [2.75, 3.05) is 40.9 Å². The first-order valence-corrected chi connectivity index (χ1v) is 11.2. The maximum absolute atomic E-state index is 5.44. The fraction of sp³-hybridized carbons (Fsp3) is 0.478. The molecule has 0 spiro atoms. The van der Waals surface area contributed by atoms with E-state index in [2.05, 4.69) is 55.9 Å². The minimum absolute atomic E-state index is 0.587. The van der Waals surface area contributed by atoms with Crippen LogP contribution in [0.2, 0.25) is 0 Å². The van der Waals surface area contributed by atoms with Crippen molar-refractivity contribution in [3.05, 3.63) is 47.5 Å². The number of benzene rings is 2. The summed E-state index contributed by atoms with van der Waals surface area (Å²) < 4.78 is 19.5. The maximum Gasteiger partial charge on any atom is 0.160 e. The number of hydrogen-bond acceptors (Lipinski definition) is 7. The molecule has 1 aliphatic rings. The highest BCUT2D eigenvalue weighted by molar-refractivity contribution is 7.00. The largest absolute Gasteiger partial charge is 0.493 e. The summed E-state index contributed by atoms with van der Waals surface area (Å²) in [5.41, 5.74) is 4.61. The SMILES string of the molecule is COc1ccc(CCN(C)C2CCCN(Cc3ccc4nsnc4c3)C2)cc1OC. The van der Waals surface area contributed by atoms with Gasteiger partial charge in [-0.25, -0.2) is 0 Å². The van der Waals surface area contributed by atoms with E-state index in [9.17, 15) is 0 Å². The summed E-state index contributed by atoms with van der Waals surface area (Å²) >= 11 is 1.28. The van der Waals surface area contributed by atoms with Gasteiger partial charge in [0.15, 0.2) is 11.5 Å². The Morgan fingerprint density at radius 1 is 1.03 bits per heavy atom. The van der Waals surface area contributed by atoms with Crippen LogP contribution in [0.25, 0.3) is 11.0 Å². The van der Waals surface area contributed by atoms with Crippen molar-refractivity contribution in [3.63, 3.8) is 0 Å². The van der Waals surface area contributed by atoms with Gasteiger partial charge < -0.3 is 14.4 Å². The van der Waals surface area contributed by atoms with E-state index in [-0.39, 0.29) is 0 Å². The molecular formula is C23H30N4O2S. The molecule has 0 amide bonds. The average molecular weight is 427 g/mol. The van der Waals surface area contributed by atoms with Gasteiger partial charge in [-0.15, -0.1) is 0 Å². The zero-order valence-corrected chi connectivity index (χ0v) is 18.8. The summed E-state index contributed by atoms with van der Waals surface area (Å²) in [5.74, 6) is 1.58. The smallest absolute Gasteiger partial charge is 0.160 e. The number of nitrogens with zero attached hydrogens (tertiary/aromatic N) is 4. The van der Waals surface area contributed by atoms with Gasteiger partial charge in [-0.1, -0.05) is 12.1 Å². The number of methoxy groups -OCH3 is 2. The number of piperidine rings is 1. The van der Waals surface area contributed by atoms with E-state index in [0.717, 1.165) is 55.1 Å². The summed E-state index contributed by atoms with van der Waals surface area (Å²) in [6, 6.07) is 13.3. The highest BCUT2D eigenvalue weighted by atomic mass is 32.1. The molecule has 1 aliphatic heterocycles. The van der Waals surface area contributed by atoms with Crippen molar-refractivity contribution < 1.29 is 9.47 Å². The predicted octanol–water partition coefficient (Wildman–Crippen LogP) is 3.85. The fourth-order valence-electron chi connectivity index (χ4n) is 4.24. The van der Waals surface area contributed by atoms with Crippen LogP contribution in [0.5, 0.6) is 11.5 Å². The van der Waals surface area contributed by atoms with Gasteiger partial charge in [-0.3, -0.25) is 4.90 Å². The first-order valence-electron chi connectivity index (χ1n) is 10.5. The molecule has 3 aromatic rings. The monoisotopic (exact) mass is 426 g/mol.